The molecule has 10 nitrogen and oxygen atoms in total. The van der Waals surface area contributed by atoms with Gasteiger partial charge >= 0.3 is 0 Å². The Kier molecular flexibility index (Phi) is 7.05. The number of benzene rings is 1. The van der Waals surface area contributed by atoms with Gasteiger partial charge in [0.05, 0.1) is 5.52 Å². The molecular formula is C24H25ClN4O6S. The van der Waals surface area contributed by atoms with E-state index in [4.69, 9.17) is 16.3 Å². The van der Waals surface area contributed by atoms with Crippen molar-refractivity contribution in [3.8, 4) is 5.75 Å². The molecular weight excluding hydrogens is 508 g/mol. The number of carbonyl (C=O) groups is 2. The zero-order chi connectivity index (χ0) is 26.1. The van der Waals surface area contributed by atoms with Gasteiger partial charge in [-0.15, -0.1) is 0 Å². The van der Waals surface area contributed by atoms with Crippen LogP contribution in [0.1, 0.15) is 42.1 Å². The maximum atomic E-state index is 13.0. The number of amides is 2. The maximum absolute atomic E-state index is 13.0. The standard InChI is InChI=1S/C24H25ClN4O6S/c1-3-20(30)28-36(33,34)24(9-10-24)14-35-19-8-11-26-18-12-17(23(32)29(2)21(18)19)22(31)27-13-15-4-6-16(25)7-5-15/h4-8,11-12H,3,9-10,13-14H2,1-2H3,(H,27,31)(H,28,30). The van der Waals surface area contributed by atoms with Crippen molar-refractivity contribution in [3.63, 3.8) is 0 Å². The van der Waals surface area contributed by atoms with E-state index in [1.54, 1.807) is 31.2 Å². The molecule has 0 atom stereocenters. The summed E-state index contributed by atoms with van der Waals surface area (Å²) >= 11 is 5.88. The summed E-state index contributed by atoms with van der Waals surface area (Å²) in [4.78, 5) is 41.7. The first kappa shape index (κ1) is 25.6. The highest BCUT2D eigenvalue weighted by molar-refractivity contribution is 7.91. The van der Waals surface area contributed by atoms with Gasteiger partial charge in [-0.2, -0.15) is 0 Å². The van der Waals surface area contributed by atoms with E-state index in [1.807, 2.05) is 0 Å². The smallest absolute Gasteiger partial charge is 0.263 e. The number of aromatic nitrogens is 2. The summed E-state index contributed by atoms with van der Waals surface area (Å²) in [5.41, 5.74) is 0.823. The van der Waals surface area contributed by atoms with Gasteiger partial charge < -0.3 is 14.6 Å². The van der Waals surface area contributed by atoms with Crippen molar-refractivity contribution in [2.24, 2.45) is 7.05 Å². The molecule has 0 aliphatic heterocycles. The fourth-order valence-electron chi connectivity index (χ4n) is 3.70. The van der Waals surface area contributed by atoms with Crippen molar-refractivity contribution in [1.29, 1.82) is 0 Å². The Balaban J connectivity index is 1.56. The number of rotatable bonds is 9. The fourth-order valence-corrected chi connectivity index (χ4v) is 5.34. The van der Waals surface area contributed by atoms with Crippen LogP contribution >= 0.6 is 11.6 Å². The van der Waals surface area contributed by atoms with Gasteiger partial charge in [0.25, 0.3) is 11.5 Å². The van der Waals surface area contributed by atoms with Gasteiger partial charge in [-0.05, 0) is 36.6 Å². The van der Waals surface area contributed by atoms with Crippen LogP contribution in [0.15, 0.2) is 47.4 Å². The van der Waals surface area contributed by atoms with Crippen LogP contribution in [-0.4, -0.2) is 41.1 Å². The number of sulfonamides is 1. The van der Waals surface area contributed by atoms with Gasteiger partial charge in [0.15, 0.2) is 0 Å². The fraction of sp³-hybridized carbons (Fsp3) is 0.333. The Bertz CT molecular complexity index is 1500. The molecule has 0 radical (unpaired) electrons. The molecule has 12 heteroatoms. The first-order valence-corrected chi connectivity index (χ1v) is 13.1. The number of nitrogens with one attached hydrogen (secondary N) is 2. The maximum Gasteiger partial charge on any atom is 0.263 e. The van der Waals surface area contributed by atoms with E-state index in [0.29, 0.717) is 28.9 Å². The first-order chi connectivity index (χ1) is 17.1. The highest BCUT2D eigenvalue weighted by Crippen LogP contribution is 2.43. The monoisotopic (exact) mass is 532 g/mol. The molecule has 4 rings (SSSR count). The summed E-state index contributed by atoms with van der Waals surface area (Å²) in [7, 11) is -2.43. The predicted molar refractivity (Wildman–Crippen MR) is 134 cm³/mol. The van der Waals surface area contributed by atoms with Gasteiger partial charge in [-0.25, -0.2) is 8.42 Å². The van der Waals surface area contributed by atoms with Gasteiger partial charge in [0, 0.05) is 37.3 Å². The molecule has 2 N–H and O–H groups in total. The Labute approximate surface area is 212 Å². The van der Waals surface area contributed by atoms with Crippen LogP contribution in [0.2, 0.25) is 5.02 Å². The van der Waals surface area contributed by atoms with Gasteiger partial charge in [-0.3, -0.25) is 24.1 Å². The van der Waals surface area contributed by atoms with Crippen LogP contribution in [0, 0.1) is 0 Å². The normalized spacial score (nSPS) is 14.3. The van der Waals surface area contributed by atoms with Crippen molar-refractivity contribution in [3.05, 3.63) is 69.1 Å². The van der Waals surface area contributed by atoms with Crippen LogP contribution in [0.5, 0.6) is 5.75 Å². The van der Waals surface area contributed by atoms with Crippen LogP contribution < -0.4 is 20.3 Å². The zero-order valence-corrected chi connectivity index (χ0v) is 21.3. The zero-order valence-electron chi connectivity index (χ0n) is 19.7. The van der Waals surface area contributed by atoms with E-state index < -0.39 is 32.1 Å². The molecule has 3 aromatic rings. The minimum atomic E-state index is -3.92. The minimum absolute atomic E-state index is 0.0445. The van der Waals surface area contributed by atoms with Crippen molar-refractivity contribution in [2.45, 2.75) is 37.5 Å². The van der Waals surface area contributed by atoms with Crippen LogP contribution in [0.4, 0.5) is 0 Å². The summed E-state index contributed by atoms with van der Waals surface area (Å²) in [6.45, 7) is 1.58. The topological polar surface area (TPSA) is 136 Å². The molecule has 1 fully saturated rings. The van der Waals surface area contributed by atoms with Crippen LogP contribution in [0.25, 0.3) is 11.0 Å². The number of halogens is 1. The molecule has 1 aromatic carbocycles. The number of hydrogen-bond donors (Lipinski definition) is 2. The quantitative estimate of drug-likeness (QED) is 0.431. The summed E-state index contributed by atoms with van der Waals surface area (Å²) in [6, 6.07) is 9.86. The minimum Gasteiger partial charge on any atom is -0.490 e. The second-order valence-corrected chi connectivity index (χ2v) is 11.1. The lowest BCUT2D eigenvalue weighted by molar-refractivity contribution is -0.119. The third-order valence-corrected chi connectivity index (χ3v) is 8.53. The molecule has 36 heavy (non-hydrogen) atoms. The largest absolute Gasteiger partial charge is 0.490 e. The predicted octanol–water partition coefficient (Wildman–Crippen LogP) is 2.28. The number of aryl methyl sites for hydroxylation is 1. The Hall–Kier alpha value is -3.44. The van der Waals surface area contributed by atoms with E-state index in [1.165, 1.54) is 29.9 Å². The van der Waals surface area contributed by atoms with Crippen molar-refractivity contribution < 1.29 is 22.7 Å². The SMILES string of the molecule is CCC(=O)NS(=O)(=O)C1(COc2ccnc3cc(C(=O)NCc4ccc(Cl)cc4)c(=O)n(C)c23)CC1. The second-order valence-electron chi connectivity index (χ2n) is 8.63. The van der Waals surface area contributed by atoms with Gasteiger partial charge in [0.1, 0.15) is 28.2 Å². The van der Waals surface area contributed by atoms with Crippen molar-refractivity contribution in [1.82, 2.24) is 19.6 Å². The van der Waals surface area contributed by atoms with Crippen molar-refractivity contribution in [2.75, 3.05) is 6.61 Å². The third kappa shape index (κ3) is 5.07. The van der Waals surface area contributed by atoms with E-state index >= 15 is 0 Å². The van der Waals surface area contributed by atoms with Crippen LogP contribution in [-0.2, 0) is 28.4 Å². The lowest BCUT2D eigenvalue weighted by Gasteiger charge is -2.19. The summed E-state index contributed by atoms with van der Waals surface area (Å²) in [5.74, 6) is -0.897. The molecule has 190 valence electrons. The van der Waals surface area contributed by atoms with Crippen LogP contribution in [0.3, 0.4) is 0 Å². The third-order valence-electron chi connectivity index (χ3n) is 6.12. The van der Waals surface area contributed by atoms with E-state index in [-0.39, 0.29) is 30.9 Å². The molecule has 0 unspecified atom stereocenters. The first-order valence-electron chi connectivity index (χ1n) is 11.3. The molecule has 0 bridgehead atoms. The number of carbonyl (C=O) groups excluding carboxylic acids is 2. The number of hydrogen-bond acceptors (Lipinski definition) is 7. The van der Waals surface area contributed by atoms with E-state index in [2.05, 4.69) is 15.0 Å². The number of pyridine rings is 2. The molecule has 2 heterocycles. The van der Waals surface area contributed by atoms with Crippen molar-refractivity contribution >= 4 is 44.5 Å². The summed E-state index contributed by atoms with van der Waals surface area (Å²) < 4.78 is 33.3. The average molecular weight is 533 g/mol. The van der Waals surface area contributed by atoms with Gasteiger partial charge in [-0.1, -0.05) is 30.7 Å². The summed E-state index contributed by atoms with van der Waals surface area (Å²) in [5, 5.41) is 3.29. The van der Waals surface area contributed by atoms with E-state index in [0.717, 1.165) is 5.56 Å². The molecule has 2 aromatic heterocycles. The molecule has 0 saturated heterocycles. The van der Waals surface area contributed by atoms with Gasteiger partial charge in [0.2, 0.25) is 15.9 Å². The molecule has 0 spiro atoms. The molecule has 2 amide bonds. The Morgan fingerprint density at radius 2 is 1.89 bits per heavy atom. The molecule has 1 aliphatic carbocycles. The lowest BCUT2D eigenvalue weighted by atomic mass is 10.2. The lowest BCUT2D eigenvalue weighted by Crippen LogP contribution is -2.42. The molecule has 1 saturated carbocycles. The average Bonchev–Trinajstić information content (AvgIpc) is 3.66. The number of ether oxygens (including phenoxy) is 1. The van der Waals surface area contributed by atoms with E-state index in [9.17, 15) is 22.8 Å². The highest BCUT2D eigenvalue weighted by Gasteiger charge is 2.56. The highest BCUT2D eigenvalue weighted by atomic mass is 35.5. The number of fused-ring (bicyclic) bond motifs is 1. The Morgan fingerprint density at radius 1 is 1.19 bits per heavy atom. The second kappa shape index (κ2) is 9.90. The summed E-state index contributed by atoms with van der Waals surface area (Å²) in [6.07, 6.45) is 2.19. The molecule has 1 aliphatic rings. The number of nitrogens with zero attached hydrogens (tertiary/aromatic N) is 2. The Morgan fingerprint density at radius 3 is 2.53 bits per heavy atom.